The van der Waals surface area contributed by atoms with Crippen LogP contribution >= 0.6 is 11.8 Å². The lowest BCUT2D eigenvalue weighted by Crippen LogP contribution is -1.93. The number of H-pyrrole nitrogens is 1. The van der Waals surface area contributed by atoms with Crippen molar-refractivity contribution in [3.63, 3.8) is 0 Å². The third kappa shape index (κ3) is 3.72. The zero-order chi connectivity index (χ0) is 19.7. The molecule has 2 aromatic carbocycles. The van der Waals surface area contributed by atoms with Crippen molar-refractivity contribution in [2.24, 2.45) is 0 Å². The predicted octanol–water partition coefficient (Wildman–Crippen LogP) is 4.30. The van der Waals surface area contributed by atoms with Gasteiger partial charge in [0.05, 0.1) is 10.7 Å². The van der Waals surface area contributed by atoms with Crippen LogP contribution in [0.2, 0.25) is 0 Å². The predicted molar refractivity (Wildman–Crippen MR) is 108 cm³/mol. The van der Waals surface area contributed by atoms with Crippen LogP contribution in [0.5, 0.6) is 0 Å². The molecule has 0 radical (unpaired) electrons. The zero-order valence-electron chi connectivity index (χ0n) is 15.0. The molecule has 140 valence electrons. The van der Waals surface area contributed by atoms with E-state index < -0.39 is 4.92 Å². The summed E-state index contributed by atoms with van der Waals surface area (Å²) in [6, 6.07) is 10.9. The fourth-order valence-corrected chi connectivity index (χ4v) is 3.65. The molecule has 0 saturated carbocycles. The van der Waals surface area contributed by atoms with E-state index >= 15 is 0 Å². The molecule has 1 aliphatic rings. The van der Waals surface area contributed by atoms with Gasteiger partial charge in [-0.15, -0.1) is 5.10 Å². The number of non-ortho nitro benzene ring substituents is 1. The Labute approximate surface area is 165 Å². The lowest BCUT2D eigenvalue weighted by atomic mass is 9.98. The minimum atomic E-state index is -0.415. The number of carbonyl (C=O) groups excluding carboxylic acids is 1. The van der Waals surface area contributed by atoms with Crippen LogP contribution in [0.4, 0.5) is 5.69 Å². The largest absolute Gasteiger partial charge is 0.299 e. The number of allylic oxidation sites excluding steroid dienone is 1. The molecule has 0 spiro atoms. The van der Waals surface area contributed by atoms with Crippen molar-refractivity contribution in [2.75, 3.05) is 5.75 Å². The Hall–Kier alpha value is -3.26. The quantitative estimate of drug-likeness (QED) is 0.381. The smallest absolute Gasteiger partial charge is 0.270 e. The van der Waals surface area contributed by atoms with E-state index in [1.165, 1.54) is 30.3 Å². The molecule has 28 heavy (non-hydrogen) atoms. The van der Waals surface area contributed by atoms with Gasteiger partial charge in [0.25, 0.3) is 5.69 Å². The molecule has 0 bridgehead atoms. The highest BCUT2D eigenvalue weighted by Crippen LogP contribution is 2.33. The van der Waals surface area contributed by atoms with E-state index in [9.17, 15) is 14.9 Å². The minimum Gasteiger partial charge on any atom is -0.299 e. The minimum absolute atomic E-state index is 0.0159. The van der Waals surface area contributed by atoms with E-state index in [-0.39, 0.29) is 17.2 Å². The standard InChI is InChI=1S/C20H16N4O3S/c1-12(25)11-28-20-21-19(22-23-20)17-8-16(9-18(10-17)24(26)27)15-6-5-13-3-2-4-14(13)7-15/h2,4-10H,3,11H2,1H3,(H,21,22,23). The van der Waals surface area contributed by atoms with Crippen molar-refractivity contribution in [1.82, 2.24) is 15.2 Å². The molecule has 0 saturated heterocycles. The van der Waals surface area contributed by atoms with Crippen LogP contribution in [0.3, 0.4) is 0 Å². The Bertz CT molecular complexity index is 1120. The molecule has 1 aliphatic carbocycles. The number of nitro groups is 1. The molecule has 1 N–H and O–H groups in total. The number of nitrogens with one attached hydrogen (secondary N) is 1. The number of Topliss-reactive ketones (excluding diaryl/α,β-unsaturated/α-hetero) is 1. The van der Waals surface area contributed by atoms with E-state index in [0.717, 1.165) is 23.1 Å². The van der Waals surface area contributed by atoms with Crippen molar-refractivity contribution < 1.29 is 9.72 Å². The summed E-state index contributed by atoms with van der Waals surface area (Å²) < 4.78 is 0. The SMILES string of the molecule is CC(=O)CSc1n[nH]c(-c2cc(-c3ccc4c(c3)C=CC4)cc([N+](=O)[O-])c2)n1. The van der Waals surface area contributed by atoms with E-state index in [2.05, 4.69) is 27.3 Å². The fourth-order valence-electron chi connectivity index (χ4n) is 3.05. The normalized spacial score (nSPS) is 12.2. The van der Waals surface area contributed by atoms with Gasteiger partial charge in [-0.3, -0.25) is 20.0 Å². The Morgan fingerprint density at radius 2 is 2.04 bits per heavy atom. The van der Waals surface area contributed by atoms with Gasteiger partial charge in [0.1, 0.15) is 5.78 Å². The Morgan fingerprint density at radius 1 is 1.21 bits per heavy atom. The molecule has 0 unspecified atom stereocenters. The summed E-state index contributed by atoms with van der Waals surface area (Å²) in [6.07, 6.45) is 5.07. The second-order valence-corrected chi connectivity index (χ2v) is 7.45. The van der Waals surface area contributed by atoms with Gasteiger partial charge < -0.3 is 0 Å². The topological polar surface area (TPSA) is 102 Å². The van der Waals surface area contributed by atoms with E-state index in [4.69, 9.17) is 0 Å². The maximum atomic E-state index is 11.4. The van der Waals surface area contributed by atoms with Crippen molar-refractivity contribution in [1.29, 1.82) is 0 Å². The number of carbonyl (C=O) groups is 1. The first-order valence-corrected chi connectivity index (χ1v) is 9.62. The summed E-state index contributed by atoms with van der Waals surface area (Å²) in [4.78, 5) is 26.5. The number of rotatable bonds is 6. The van der Waals surface area contributed by atoms with Gasteiger partial charge in [-0.1, -0.05) is 36.0 Å². The summed E-state index contributed by atoms with van der Waals surface area (Å²) in [6.45, 7) is 1.50. The lowest BCUT2D eigenvalue weighted by Gasteiger charge is -2.07. The lowest BCUT2D eigenvalue weighted by molar-refractivity contribution is -0.384. The summed E-state index contributed by atoms with van der Waals surface area (Å²) in [5.74, 6) is 0.733. The summed E-state index contributed by atoms with van der Waals surface area (Å²) in [5, 5.41) is 18.8. The molecular formula is C20H16N4O3S. The van der Waals surface area contributed by atoms with Gasteiger partial charge in [0.2, 0.25) is 5.16 Å². The Morgan fingerprint density at radius 3 is 2.82 bits per heavy atom. The van der Waals surface area contributed by atoms with Crippen molar-refractivity contribution in [2.45, 2.75) is 18.5 Å². The number of aromatic amines is 1. The first-order chi connectivity index (χ1) is 13.5. The molecule has 1 aromatic heterocycles. The highest BCUT2D eigenvalue weighted by molar-refractivity contribution is 7.99. The van der Waals surface area contributed by atoms with Gasteiger partial charge in [0.15, 0.2) is 5.82 Å². The number of nitrogens with zero attached hydrogens (tertiary/aromatic N) is 3. The first kappa shape index (κ1) is 18.1. The number of ketones is 1. The number of fused-ring (bicyclic) bond motifs is 1. The third-order valence-corrected chi connectivity index (χ3v) is 5.38. The average Bonchev–Trinajstić information content (AvgIpc) is 3.34. The molecule has 8 heteroatoms. The van der Waals surface area contributed by atoms with E-state index in [1.807, 2.05) is 24.3 Å². The van der Waals surface area contributed by atoms with Crippen molar-refractivity contribution in [3.8, 4) is 22.5 Å². The highest BCUT2D eigenvalue weighted by atomic mass is 32.2. The average molecular weight is 392 g/mol. The second kappa shape index (κ2) is 7.40. The Balaban J connectivity index is 1.73. The van der Waals surface area contributed by atoms with Gasteiger partial charge >= 0.3 is 0 Å². The summed E-state index contributed by atoms with van der Waals surface area (Å²) in [5.41, 5.74) is 4.58. The Kier molecular flexibility index (Phi) is 4.79. The molecule has 0 atom stereocenters. The van der Waals surface area contributed by atoms with E-state index in [1.54, 1.807) is 6.07 Å². The van der Waals surface area contributed by atoms with Crippen LogP contribution in [0.25, 0.3) is 28.6 Å². The number of hydrogen-bond acceptors (Lipinski definition) is 6. The van der Waals surface area contributed by atoms with Crippen LogP contribution in [0.1, 0.15) is 18.1 Å². The van der Waals surface area contributed by atoms with Crippen molar-refractivity contribution in [3.05, 3.63) is 63.7 Å². The molecule has 3 aromatic rings. The van der Waals surface area contributed by atoms with Crippen LogP contribution in [-0.2, 0) is 11.2 Å². The third-order valence-electron chi connectivity index (χ3n) is 4.39. The zero-order valence-corrected chi connectivity index (χ0v) is 15.8. The van der Waals surface area contributed by atoms with Crippen molar-refractivity contribution >= 4 is 29.3 Å². The highest BCUT2D eigenvalue weighted by Gasteiger charge is 2.16. The summed E-state index contributed by atoms with van der Waals surface area (Å²) >= 11 is 1.22. The van der Waals surface area contributed by atoms with Crippen LogP contribution in [0.15, 0.2) is 47.6 Å². The number of thioether (sulfide) groups is 1. The molecular weight excluding hydrogens is 376 g/mol. The summed E-state index contributed by atoms with van der Waals surface area (Å²) in [7, 11) is 0. The van der Waals surface area contributed by atoms with Gasteiger partial charge in [0, 0.05) is 17.7 Å². The number of hydrogen-bond donors (Lipinski definition) is 1. The first-order valence-electron chi connectivity index (χ1n) is 8.64. The molecule has 1 heterocycles. The molecule has 4 rings (SSSR count). The maximum absolute atomic E-state index is 11.4. The van der Waals surface area contributed by atoms with Gasteiger partial charge in [-0.25, -0.2) is 4.98 Å². The fraction of sp³-hybridized carbons (Fsp3) is 0.150. The van der Waals surface area contributed by atoms with Gasteiger partial charge in [-0.2, -0.15) is 0 Å². The molecule has 0 fully saturated rings. The molecule has 0 amide bonds. The van der Waals surface area contributed by atoms with Crippen LogP contribution in [-0.4, -0.2) is 31.6 Å². The van der Waals surface area contributed by atoms with Crippen LogP contribution in [0, 0.1) is 10.1 Å². The van der Waals surface area contributed by atoms with E-state index in [0.29, 0.717) is 16.5 Å². The number of aromatic nitrogens is 3. The number of benzene rings is 2. The second-order valence-electron chi connectivity index (χ2n) is 6.50. The molecule has 7 nitrogen and oxygen atoms in total. The monoisotopic (exact) mass is 392 g/mol. The number of nitro benzene ring substituents is 1. The van der Waals surface area contributed by atoms with Gasteiger partial charge in [-0.05, 0) is 47.7 Å². The van der Waals surface area contributed by atoms with Crippen LogP contribution < -0.4 is 0 Å². The maximum Gasteiger partial charge on any atom is 0.270 e. The molecule has 0 aliphatic heterocycles.